The zero-order chi connectivity index (χ0) is 46.0. The molecule has 0 spiro atoms. The molecule has 0 aliphatic carbocycles. The molecule has 1 aliphatic heterocycles. The van der Waals surface area contributed by atoms with Gasteiger partial charge in [0.15, 0.2) is 11.5 Å². The molecule has 0 unspecified atom stereocenters. The average Bonchev–Trinajstić information content (AvgIpc) is 3.18. The Morgan fingerprint density at radius 2 is 0.690 bits per heavy atom. The SMILES string of the molecule is FC(F)(F)C(F)(F)C(F)(F)C(F)(F)C(F)(F)C(F)(F)CCOCC1(COCCC(F)(F)C(F)(F)C(F)(F)C(F)(F)C(F)(F)C(F)(F)F)COc2c(Br)sc(Br)c2OC1. The van der Waals surface area contributed by atoms with E-state index in [4.69, 9.17) is 9.47 Å². The molecule has 2 heterocycles. The molecule has 0 radical (unpaired) electrons. The lowest BCUT2D eigenvalue weighted by molar-refractivity contribution is -0.440. The summed E-state index contributed by atoms with van der Waals surface area (Å²) < 4.78 is 368. The Morgan fingerprint density at radius 1 is 0.431 bits per heavy atom. The summed E-state index contributed by atoms with van der Waals surface area (Å²) in [5.74, 6) is -78.1. The van der Waals surface area contributed by atoms with Crippen LogP contribution >= 0.6 is 43.2 Å². The largest absolute Gasteiger partial charge is 0.487 e. The van der Waals surface area contributed by atoms with Gasteiger partial charge in [0.25, 0.3) is 0 Å². The minimum atomic E-state index is -8.23. The Balaban J connectivity index is 2.31. The maximum atomic E-state index is 14.2. The number of ether oxygens (including phenoxy) is 4. The molecule has 0 aromatic carbocycles. The van der Waals surface area contributed by atoms with Crippen LogP contribution in [-0.4, -0.2) is 111 Å². The third-order valence-corrected chi connectivity index (χ3v) is 10.1. The monoisotopic (exact) mass is 1060 g/mol. The van der Waals surface area contributed by atoms with Crippen LogP contribution in [0.4, 0.5) is 114 Å². The Bertz CT molecular complexity index is 1480. The zero-order valence-electron chi connectivity index (χ0n) is 26.8. The fourth-order valence-corrected chi connectivity index (χ4v) is 7.05. The summed E-state index contributed by atoms with van der Waals surface area (Å²) in [7, 11) is 0. The molecule has 0 saturated heterocycles. The molecule has 33 heteroatoms. The smallest absolute Gasteiger partial charge is 0.460 e. The Morgan fingerprint density at radius 3 is 0.948 bits per heavy atom. The number of alkyl halides is 26. The van der Waals surface area contributed by atoms with Gasteiger partial charge in [-0.2, -0.15) is 114 Å². The average molecular weight is 1070 g/mol. The number of halogens is 28. The second-order valence-corrected chi connectivity index (χ2v) is 15.6. The molecule has 0 atom stereocenters. The van der Waals surface area contributed by atoms with Crippen molar-refractivity contribution in [1.82, 2.24) is 0 Å². The van der Waals surface area contributed by atoms with Crippen LogP contribution in [0.3, 0.4) is 0 Å². The van der Waals surface area contributed by atoms with E-state index in [-0.39, 0.29) is 19.1 Å². The molecule has 0 fully saturated rings. The first-order chi connectivity index (χ1) is 25.4. The van der Waals surface area contributed by atoms with Gasteiger partial charge in [0.2, 0.25) is 0 Å². The van der Waals surface area contributed by atoms with Crippen molar-refractivity contribution in [2.45, 2.75) is 84.4 Å². The van der Waals surface area contributed by atoms with Gasteiger partial charge in [-0.05, 0) is 31.9 Å². The molecular weight excluding hydrogens is 1050 g/mol. The van der Waals surface area contributed by atoms with E-state index in [0.29, 0.717) is 0 Å². The molecule has 1 aromatic heterocycles. The zero-order valence-corrected chi connectivity index (χ0v) is 30.8. The Labute approximate surface area is 324 Å². The number of fused-ring (bicyclic) bond motifs is 1. The van der Waals surface area contributed by atoms with E-state index < -0.39 is 129 Å². The van der Waals surface area contributed by atoms with Crippen LogP contribution in [-0.2, 0) is 9.47 Å². The second kappa shape index (κ2) is 15.9. The number of hydrogen-bond donors (Lipinski definition) is 0. The normalized spacial score (nSPS) is 17.4. The highest BCUT2D eigenvalue weighted by Crippen LogP contribution is 2.62. The van der Waals surface area contributed by atoms with Crippen molar-refractivity contribution in [3.05, 3.63) is 7.57 Å². The Hall–Kier alpha value is -1.64. The minimum absolute atomic E-state index is 0.0541. The van der Waals surface area contributed by atoms with Crippen molar-refractivity contribution in [2.75, 3.05) is 39.6 Å². The summed E-state index contributed by atoms with van der Waals surface area (Å²) >= 11 is 6.73. The Kier molecular flexibility index (Phi) is 14.4. The summed E-state index contributed by atoms with van der Waals surface area (Å²) in [6.07, 6.45) is -21.2. The summed E-state index contributed by atoms with van der Waals surface area (Å²) in [5.41, 5.74) is -2.32. The second-order valence-electron chi connectivity index (χ2n) is 12.0. The molecule has 4 nitrogen and oxygen atoms in total. The lowest BCUT2D eigenvalue weighted by Gasteiger charge is -2.40. The van der Waals surface area contributed by atoms with Gasteiger partial charge in [0.05, 0.1) is 31.8 Å². The fraction of sp³-hybridized carbons (Fsp3) is 0.840. The van der Waals surface area contributed by atoms with Crippen molar-refractivity contribution in [2.24, 2.45) is 5.41 Å². The van der Waals surface area contributed by atoms with E-state index in [9.17, 15) is 114 Å². The van der Waals surface area contributed by atoms with Crippen molar-refractivity contribution >= 4 is 43.2 Å². The molecule has 0 amide bonds. The maximum Gasteiger partial charge on any atom is 0.460 e. The van der Waals surface area contributed by atoms with Gasteiger partial charge >= 0.3 is 71.6 Å². The molecular formula is C25H16Br2F26O4S. The highest BCUT2D eigenvalue weighted by molar-refractivity contribution is 9.12. The highest BCUT2D eigenvalue weighted by atomic mass is 79.9. The van der Waals surface area contributed by atoms with E-state index in [0.717, 1.165) is 11.3 Å². The standard InChI is InChI=1S/C25H16Br2F26O4S/c26-11-9-10(12(27)58-11)57-8-13(7-56-9,5-54-3-1-14(28,29)16(32,33)18(36,37)20(40,41)22(44,45)24(48,49)50)6-55-4-2-15(30,31)17(34,35)19(38,39)21(42,43)23(46,47)25(51,52)53/h1-8H2. The van der Waals surface area contributed by atoms with E-state index >= 15 is 0 Å². The van der Waals surface area contributed by atoms with Gasteiger partial charge in [-0.1, -0.05) is 0 Å². The van der Waals surface area contributed by atoms with Gasteiger partial charge in [0.1, 0.15) is 20.8 Å². The van der Waals surface area contributed by atoms with Crippen molar-refractivity contribution < 1.29 is 133 Å². The van der Waals surface area contributed by atoms with Crippen molar-refractivity contribution in [3.8, 4) is 11.5 Å². The number of rotatable bonds is 18. The van der Waals surface area contributed by atoms with Crippen molar-refractivity contribution in [3.63, 3.8) is 0 Å². The molecule has 1 aromatic rings. The van der Waals surface area contributed by atoms with Crippen LogP contribution in [0.5, 0.6) is 11.5 Å². The molecule has 58 heavy (non-hydrogen) atoms. The molecule has 0 N–H and O–H groups in total. The third kappa shape index (κ3) is 8.57. The third-order valence-electron chi connectivity index (χ3n) is 7.72. The van der Waals surface area contributed by atoms with Crippen LogP contribution in [0.15, 0.2) is 7.57 Å². The summed E-state index contributed by atoms with van der Waals surface area (Å²) in [4.78, 5) is 0. The van der Waals surface area contributed by atoms with E-state index in [1.54, 1.807) is 0 Å². The van der Waals surface area contributed by atoms with Gasteiger partial charge in [0, 0.05) is 12.8 Å². The molecule has 2 rings (SSSR count). The molecule has 342 valence electrons. The van der Waals surface area contributed by atoms with Gasteiger partial charge in [-0.25, -0.2) is 0 Å². The first-order valence-corrected chi connectivity index (χ1v) is 16.6. The highest BCUT2D eigenvalue weighted by Gasteiger charge is 2.92. The molecule has 0 bridgehead atoms. The number of hydrogen-bond acceptors (Lipinski definition) is 5. The fourth-order valence-electron chi connectivity index (χ4n) is 4.19. The van der Waals surface area contributed by atoms with Crippen LogP contribution < -0.4 is 9.47 Å². The van der Waals surface area contributed by atoms with Crippen LogP contribution in [0.1, 0.15) is 12.8 Å². The summed E-state index contributed by atoms with van der Waals surface area (Å²) in [5, 5.41) is 0. The van der Waals surface area contributed by atoms with Crippen molar-refractivity contribution in [1.29, 1.82) is 0 Å². The van der Waals surface area contributed by atoms with Gasteiger partial charge in [-0.15, -0.1) is 11.3 Å². The van der Waals surface area contributed by atoms with Crippen LogP contribution in [0.25, 0.3) is 0 Å². The first-order valence-electron chi connectivity index (χ1n) is 14.2. The summed E-state index contributed by atoms with van der Waals surface area (Å²) in [6, 6.07) is 0. The number of thiophene rings is 1. The van der Waals surface area contributed by atoms with E-state index in [1.807, 2.05) is 0 Å². The van der Waals surface area contributed by atoms with Crippen LogP contribution in [0, 0.1) is 5.41 Å². The first kappa shape index (κ1) is 52.5. The summed E-state index contributed by atoms with van der Waals surface area (Å²) in [6.45, 7) is -9.08. The van der Waals surface area contributed by atoms with E-state index in [2.05, 4.69) is 41.3 Å². The van der Waals surface area contributed by atoms with Crippen LogP contribution in [0.2, 0.25) is 0 Å². The topological polar surface area (TPSA) is 36.9 Å². The predicted molar refractivity (Wildman–Crippen MR) is 146 cm³/mol. The maximum absolute atomic E-state index is 14.2. The predicted octanol–water partition coefficient (Wildman–Crippen LogP) is 12.3. The van der Waals surface area contributed by atoms with Gasteiger partial charge in [-0.3, -0.25) is 0 Å². The lowest BCUT2D eigenvalue weighted by Crippen LogP contribution is -2.70. The lowest BCUT2D eigenvalue weighted by atomic mass is 9.91. The van der Waals surface area contributed by atoms with Gasteiger partial charge < -0.3 is 18.9 Å². The molecule has 0 saturated carbocycles. The van der Waals surface area contributed by atoms with E-state index in [1.165, 1.54) is 0 Å². The minimum Gasteiger partial charge on any atom is -0.487 e. The quantitative estimate of drug-likeness (QED) is 0.108. The molecule has 1 aliphatic rings.